The van der Waals surface area contributed by atoms with Gasteiger partial charge in [-0.3, -0.25) is 4.79 Å². The van der Waals surface area contributed by atoms with Crippen LogP contribution in [0, 0.1) is 0 Å². The summed E-state index contributed by atoms with van der Waals surface area (Å²) in [6, 6.07) is 11.4. The van der Waals surface area contributed by atoms with Crippen LogP contribution in [0.15, 0.2) is 41.8 Å². The summed E-state index contributed by atoms with van der Waals surface area (Å²) in [5.41, 5.74) is 1.05. The van der Waals surface area contributed by atoms with E-state index in [0.717, 1.165) is 10.4 Å². The zero-order valence-electron chi connectivity index (χ0n) is 10.0. The number of benzene rings is 1. The maximum Gasteiger partial charge on any atom is 0.225 e. The smallest absolute Gasteiger partial charge is 0.225 e. The highest BCUT2D eigenvalue weighted by Crippen LogP contribution is 2.16. The van der Waals surface area contributed by atoms with Gasteiger partial charge in [-0.05, 0) is 36.1 Å². The summed E-state index contributed by atoms with van der Waals surface area (Å²) in [6.07, 6.45) is 0.440. The molecule has 0 aliphatic carbocycles. The second-order valence-corrected chi connectivity index (χ2v) is 5.57. The van der Waals surface area contributed by atoms with Gasteiger partial charge in [-0.25, -0.2) is 0 Å². The quantitative estimate of drug-likeness (QED) is 0.906. The lowest BCUT2D eigenvalue weighted by molar-refractivity contribution is -0.121. The van der Waals surface area contributed by atoms with E-state index in [2.05, 4.69) is 5.32 Å². The summed E-state index contributed by atoms with van der Waals surface area (Å²) < 4.78 is 0. The van der Waals surface area contributed by atoms with Crippen LogP contribution in [0.25, 0.3) is 0 Å². The van der Waals surface area contributed by atoms with Crippen molar-refractivity contribution in [2.75, 3.05) is 0 Å². The van der Waals surface area contributed by atoms with Gasteiger partial charge in [0.2, 0.25) is 5.91 Å². The first-order chi connectivity index (χ1) is 8.65. The summed E-state index contributed by atoms with van der Waals surface area (Å²) in [7, 11) is 0. The third-order valence-electron chi connectivity index (χ3n) is 2.66. The first-order valence-corrected chi connectivity index (χ1v) is 6.98. The molecule has 0 bridgehead atoms. The summed E-state index contributed by atoms with van der Waals surface area (Å²) in [5.74, 6) is 0.0416. The van der Waals surface area contributed by atoms with E-state index in [9.17, 15) is 4.79 Å². The molecule has 0 saturated heterocycles. The Balaban J connectivity index is 1.92. The summed E-state index contributed by atoms with van der Waals surface area (Å²) in [4.78, 5) is 12.9. The van der Waals surface area contributed by atoms with Crippen LogP contribution in [-0.2, 0) is 11.2 Å². The van der Waals surface area contributed by atoms with Crippen molar-refractivity contribution in [3.63, 3.8) is 0 Å². The molecule has 2 nitrogen and oxygen atoms in total. The third kappa shape index (κ3) is 3.59. The van der Waals surface area contributed by atoms with Gasteiger partial charge in [0.25, 0.3) is 0 Å². The van der Waals surface area contributed by atoms with Gasteiger partial charge in [-0.2, -0.15) is 0 Å². The minimum Gasteiger partial charge on any atom is -0.349 e. The van der Waals surface area contributed by atoms with Gasteiger partial charge in [0.15, 0.2) is 0 Å². The molecular weight excluding hydrogens is 266 g/mol. The van der Waals surface area contributed by atoms with Crippen molar-refractivity contribution in [2.24, 2.45) is 0 Å². The first kappa shape index (κ1) is 13.1. The third-order valence-corrected chi connectivity index (χ3v) is 3.79. The molecule has 2 aromatic rings. The Morgan fingerprint density at radius 3 is 2.67 bits per heavy atom. The predicted octanol–water partition coefficient (Wildman–Crippen LogP) is 3.82. The van der Waals surface area contributed by atoms with Crippen molar-refractivity contribution in [1.29, 1.82) is 0 Å². The number of thiophene rings is 1. The van der Waals surface area contributed by atoms with Crippen LogP contribution in [0.1, 0.15) is 23.4 Å². The van der Waals surface area contributed by atoms with Crippen molar-refractivity contribution >= 4 is 28.8 Å². The van der Waals surface area contributed by atoms with Crippen molar-refractivity contribution in [1.82, 2.24) is 5.32 Å². The molecule has 1 unspecified atom stereocenters. The van der Waals surface area contributed by atoms with Gasteiger partial charge in [0, 0.05) is 9.90 Å². The van der Waals surface area contributed by atoms with E-state index in [1.165, 1.54) is 0 Å². The Morgan fingerprint density at radius 2 is 2.06 bits per heavy atom. The minimum atomic E-state index is -0.00488. The average Bonchev–Trinajstić information content (AvgIpc) is 2.82. The topological polar surface area (TPSA) is 29.1 Å². The highest BCUT2D eigenvalue weighted by atomic mass is 35.5. The van der Waals surface area contributed by atoms with Crippen LogP contribution in [-0.4, -0.2) is 5.91 Å². The number of carbonyl (C=O) groups excluding carboxylic acids is 1. The normalized spacial score (nSPS) is 12.1. The Bertz CT molecular complexity index is 507. The Hall–Kier alpha value is -1.32. The number of carbonyl (C=O) groups is 1. The van der Waals surface area contributed by atoms with Crippen LogP contribution in [0.2, 0.25) is 5.02 Å². The molecule has 2 rings (SSSR count). The van der Waals surface area contributed by atoms with E-state index in [1.54, 1.807) is 11.3 Å². The number of amides is 1. The van der Waals surface area contributed by atoms with Gasteiger partial charge >= 0.3 is 0 Å². The molecule has 4 heteroatoms. The molecular formula is C14H14ClNOS. The molecule has 0 aliphatic rings. The molecule has 1 aromatic heterocycles. The van der Waals surface area contributed by atoms with E-state index >= 15 is 0 Å². The van der Waals surface area contributed by atoms with Crippen molar-refractivity contribution < 1.29 is 4.79 Å². The molecule has 1 N–H and O–H groups in total. The fourth-order valence-corrected chi connectivity index (χ4v) is 2.53. The molecule has 1 aromatic carbocycles. The summed E-state index contributed by atoms with van der Waals surface area (Å²) in [5, 5.41) is 5.66. The number of hydrogen-bond donors (Lipinski definition) is 1. The molecule has 18 heavy (non-hydrogen) atoms. The van der Waals surface area contributed by atoms with Crippen LogP contribution in [0.3, 0.4) is 0 Å². The standard InChI is InChI=1S/C14H14ClNOS/c1-10(11-4-6-12(15)7-5-11)16-14(17)9-13-3-2-8-18-13/h2-8,10H,9H2,1H3,(H,16,17). The van der Waals surface area contributed by atoms with Gasteiger partial charge < -0.3 is 5.32 Å². The van der Waals surface area contributed by atoms with Gasteiger partial charge in [-0.15, -0.1) is 11.3 Å². The molecule has 0 radical (unpaired) electrons. The van der Waals surface area contributed by atoms with Crippen LogP contribution in [0.5, 0.6) is 0 Å². The van der Waals surface area contributed by atoms with Crippen LogP contribution in [0.4, 0.5) is 0 Å². The molecule has 0 saturated carbocycles. The van der Waals surface area contributed by atoms with E-state index in [1.807, 2.05) is 48.7 Å². The largest absolute Gasteiger partial charge is 0.349 e. The molecule has 94 valence electrons. The zero-order valence-corrected chi connectivity index (χ0v) is 11.6. The van der Waals surface area contributed by atoms with Crippen LogP contribution < -0.4 is 5.32 Å². The van der Waals surface area contributed by atoms with E-state index < -0.39 is 0 Å². The van der Waals surface area contributed by atoms with Crippen LogP contribution >= 0.6 is 22.9 Å². The molecule has 1 amide bonds. The number of halogens is 1. The maximum absolute atomic E-state index is 11.8. The Kier molecular flexibility index (Phi) is 4.39. The monoisotopic (exact) mass is 279 g/mol. The van der Waals surface area contributed by atoms with E-state index in [0.29, 0.717) is 11.4 Å². The minimum absolute atomic E-state index is 0.00488. The van der Waals surface area contributed by atoms with Crippen molar-refractivity contribution in [3.05, 3.63) is 57.2 Å². The van der Waals surface area contributed by atoms with Gasteiger partial charge in [-0.1, -0.05) is 29.8 Å². The second kappa shape index (κ2) is 6.03. The Labute approximate surface area is 116 Å². The van der Waals surface area contributed by atoms with E-state index in [4.69, 9.17) is 11.6 Å². The van der Waals surface area contributed by atoms with Crippen molar-refractivity contribution in [3.8, 4) is 0 Å². The number of nitrogens with one attached hydrogen (secondary N) is 1. The highest BCUT2D eigenvalue weighted by molar-refractivity contribution is 7.10. The summed E-state index contributed by atoms with van der Waals surface area (Å²) in [6.45, 7) is 1.97. The lowest BCUT2D eigenvalue weighted by Gasteiger charge is -2.14. The fourth-order valence-electron chi connectivity index (χ4n) is 1.70. The fraction of sp³-hybridized carbons (Fsp3) is 0.214. The van der Waals surface area contributed by atoms with Gasteiger partial charge in [0.1, 0.15) is 0 Å². The lowest BCUT2D eigenvalue weighted by atomic mass is 10.1. The van der Waals surface area contributed by atoms with Gasteiger partial charge in [0.05, 0.1) is 12.5 Å². The summed E-state index contributed by atoms with van der Waals surface area (Å²) >= 11 is 7.43. The molecule has 0 fully saturated rings. The SMILES string of the molecule is CC(NC(=O)Cc1cccs1)c1ccc(Cl)cc1. The molecule has 1 atom stereocenters. The average molecular weight is 280 g/mol. The highest BCUT2D eigenvalue weighted by Gasteiger charge is 2.10. The molecule has 1 heterocycles. The predicted molar refractivity (Wildman–Crippen MR) is 76.0 cm³/mol. The zero-order chi connectivity index (χ0) is 13.0. The second-order valence-electron chi connectivity index (χ2n) is 4.10. The number of rotatable bonds is 4. The molecule has 0 spiro atoms. The van der Waals surface area contributed by atoms with E-state index in [-0.39, 0.29) is 11.9 Å². The first-order valence-electron chi connectivity index (χ1n) is 5.72. The lowest BCUT2D eigenvalue weighted by Crippen LogP contribution is -2.27. The molecule has 0 aliphatic heterocycles. The Morgan fingerprint density at radius 1 is 1.33 bits per heavy atom. The number of hydrogen-bond acceptors (Lipinski definition) is 2. The van der Waals surface area contributed by atoms with Crippen molar-refractivity contribution in [2.45, 2.75) is 19.4 Å². The maximum atomic E-state index is 11.8.